The molecular formula is C15H20N2O4. The number of hydrogen-bond acceptors (Lipinski definition) is 4. The third kappa shape index (κ3) is 3.05. The van der Waals surface area contributed by atoms with E-state index in [-0.39, 0.29) is 12.8 Å². The molecule has 0 bridgehead atoms. The van der Waals surface area contributed by atoms with Crippen LogP contribution < -0.4 is 14.8 Å². The molecule has 2 amide bonds. The van der Waals surface area contributed by atoms with E-state index in [4.69, 9.17) is 14.2 Å². The summed E-state index contributed by atoms with van der Waals surface area (Å²) in [6.45, 7) is 2.87. The quantitative estimate of drug-likeness (QED) is 0.856. The van der Waals surface area contributed by atoms with Crippen LogP contribution in [0, 0.1) is 0 Å². The van der Waals surface area contributed by atoms with Crippen LogP contribution in [-0.4, -0.2) is 51.1 Å². The standard InChI is InChI=1S/C15H20N2O4/c1-19-7-5-16-15(18)17-6-4-12(9-17)11-2-3-13-14(8-11)21-10-20-13/h2-3,8,12H,4-7,9-10H2,1H3,(H,16,18)/t12-/m0/s1. The Morgan fingerprint density at radius 3 is 3.14 bits per heavy atom. The molecule has 0 radical (unpaired) electrons. The van der Waals surface area contributed by atoms with Gasteiger partial charge in [-0.15, -0.1) is 0 Å². The Labute approximate surface area is 124 Å². The first-order valence-corrected chi connectivity index (χ1v) is 7.19. The summed E-state index contributed by atoms with van der Waals surface area (Å²) in [4.78, 5) is 13.9. The van der Waals surface area contributed by atoms with E-state index in [2.05, 4.69) is 11.4 Å². The van der Waals surface area contributed by atoms with Gasteiger partial charge >= 0.3 is 6.03 Å². The maximum atomic E-state index is 12.0. The third-order valence-corrected chi connectivity index (χ3v) is 3.93. The lowest BCUT2D eigenvalue weighted by Crippen LogP contribution is -2.39. The Hall–Kier alpha value is -1.95. The fourth-order valence-electron chi connectivity index (χ4n) is 2.76. The largest absolute Gasteiger partial charge is 0.454 e. The van der Waals surface area contributed by atoms with Crippen molar-refractivity contribution in [1.82, 2.24) is 10.2 Å². The number of nitrogens with one attached hydrogen (secondary N) is 1. The van der Waals surface area contributed by atoms with Crippen LogP contribution in [0.4, 0.5) is 4.79 Å². The van der Waals surface area contributed by atoms with Gasteiger partial charge < -0.3 is 24.4 Å². The van der Waals surface area contributed by atoms with Crippen molar-refractivity contribution < 1.29 is 19.0 Å². The summed E-state index contributed by atoms with van der Waals surface area (Å²) < 4.78 is 15.7. The summed E-state index contributed by atoms with van der Waals surface area (Å²) in [5, 5.41) is 2.86. The lowest BCUT2D eigenvalue weighted by atomic mass is 9.98. The summed E-state index contributed by atoms with van der Waals surface area (Å²) in [6.07, 6.45) is 0.970. The molecule has 6 heteroatoms. The Balaban J connectivity index is 1.58. The number of benzene rings is 1. The van der Waals surface area contributed by atoms with Crippen LogP contribution in [0.2, 0.25) is 0 Å². The molecule has 114 valence electrons. The second-order valence-corrected chi connectivity index (χ2v) is 5.27. The molecule has 1 atom stereocenters. The van der Waals surface area contributed by atoms with Crippen LogP contribution in [0.5, 0.6) is 11.5 Å². The molecule has 0 saturated carbocycles. The highest BCUT2D eigenvalue weighted by molar-refractivity contribution is 5.74. The van der Waals surface area contributed by atoms with E-state index in [0.717, 1.165) is 31.0 Å². The molecule has 1 aromatic carbocycles. The normalized spacial score (nSPS) is 19.9. The molecule has 0 aromatic heterocycles. The first-order chi connectivity index (χ1) is 10.3. The molecule has 2 aliphatic heterocycles. The van der Waals surface area contributed by atoms with Gasteiger partial charge in [-0.1, -0.05) is 6.07 Å². The summed E-state index contributed by atoms with van der Waals surface area (Å²) in [5.41, 5.74) is 1.20. The molecule has 1 aromatic rings. The van der Waals surface area contributed by atoms with Crippen molar-refractivity contribution >= 4 is 6.03 Å². The topological polar surface area (TPSA) is 60.0 Å². The molecule has 2 heterocycles. The highest BCUT2D eigenvalue weighted by Gasteiger charge is 2.28. The van der Waals surface area contributed by atoms with Gasteiger partial charge in [0.25, 0.3) is 0 Å². The molecule has 3 rings (SSSR count). The highest BCUT2D eigenvalue weighted by Crippen LogP contribution is 2.36. The van der Waals surface area contributed by atoms with E-state index in [9.17, 15) is 4.79 Å². The van der Waals surface area contributed by atoms with Crippen molar-refractivity contribution in [2.75, 3.05) is 40.1 Å². The number of amides is 2. The number of carbonyl (C=O) groups excluding carboxylic acids is 1. The predicted molar refractivity (Wildman–Crippen MR) is 76.8 cm³/mol. The minimum atomic E-state index is -0.0182. The molecule has 0 spiro atoms. The summed E-state index contributed by atoms with van der Waals surface area (Å²) in [7, 11) is 1.62. The zero-order chi connectivity index (χ0) is 14.7. The summed E-state index contributed by atoms with van der Waals surface area (Å²) in [6, 6.07) is 6.01. The van der Waals surface area contributed by atoms with Gasteiger partial charge in [0.1, 0.15) is 0 Å². The predicted octanol–water partition coefficient (Wildman–Crippen LogP) is 1.56. The van der Waals surface area contributed by atoms with Crippen LogP contribution in [-0.2, 0) is 4.74 Å². The number of carbonyl (C=O) groups is 1. The minimum absolute atomic E-state index is 0.0182. The van der Waals surface area contributed by atoms with E-state index in [1.54, 1.807) is 7.11 Å². The van der Waals surface area contributed by atoms with E-state index in [1.807, 2.05) is 17.0 Å². The number of urea groups is 1. The SMILES string of the molecule is COCCNC(=O)N1CC[C@H](c2ccc3c(c2)OCO3)C1. The molecule has 1 N–H and O–H groups in total. The number of likely N-dealkylation sites (tertiary alicyclic amines) is 1. The van der Waals surface area contributed by atoms with Gasteiger partial charge in [0.15, 0.2) is 11.5 Å². The van der Waals surface area contributed by atoms with E-state index in [0.29, 0.717) is 19.1 Å². The number of rotatable bonds is 4. The summed E-state index contributed by atoms with van der Waals surface area (Å²) in [5.74, 6) is 1.95. The second kappa shape index (κ2) is 6.22. The van der Waals surface area contributed by atoms with Gasteiger partial charge in [0.05, 0.1) is 6.61 Å². The van der Waals surface area contributed by atoms with Gasteiger partial charge in [-0.05, 0) is 24.1 Å². The molecule has 1 saturated heterocycles. The third-order valence-electron chi connectivity index (χ3n) is 3.93. The zero-order valence-electron chi connectivity index (χ0n) is 12.1. The van der Waals surface area contributed by atoms with Gasteiger partial charge in [-0.25, -0.2) is 4.79 Å². The smallest absolute Gasteiger partial charge is 0.317 e. The zero-order valence-corrected chi connectivity index (χ0v) is 12.1. The van der Waals surface area contributed by atoms with Crippen molar-refractivity contribution in [2.45, 2.75) is 12.3 Å². The Kier molecular flexibility index (Phi) is 4.15. The molecule has 0 unspecified atom stereocenters. The molecule has 0 aliphatic carbocycles. The number of methoxy groups -OCH3 is 1. The van der Waals surface area contributed by atoms with Crippen LogP contribution in [0.15, 0.2) is 18.2 Å². The summed E-state index contributed by atoms with van der Waals surface area (Å²) >= 11 is 0. The van der Waals surface area contributed by atoms with Crippen LogP contribution in [0.3, 0.4) is 0 Å². The van der Waals surface area contributed by atoms with E-state index in [1.165, 1.54) is 5.56 Å². The van der Waals surface area contributed by atoms with E-state index < -0.39 is 0 Å². The first kappa shape index (κ1) is 14.0. The lowest BCUT2D eigenvalue weighted by molar-refractivity contribution is 0.174. The molecule has 6 nitrogen and oxygen atoms in total. The van der Waals surface area contributed by atoms with Gasteiger partial charge in [0, 0.05) is 32.7 Å². The molecule has 21 heavy (non-hydrogen) atoms. The number of hydrogen-bond donors (Lipinski definition) is 1. The van der Waals surface area contributed by atoms with Crippen LogP contribution in [0.25, 0.3) is 0 Å². The number of ether oxygens (including phenoxy) is 3. The highest BCUT2D eigenvalue weighted by atomic mass is 16.7. The Bertz CT molecular complexity index is 520. The molecule has 1 fully saturated rings. The second-order valence-electron chi connectivity index (χ2n) is 5.27. The molecule has 2 aliphatic rings. The van der Waals surface area contributed by atoms with E-state index >= 15 is 0 Å². The lowest BCUT2D eigenvalue weighted by Gasteiger charge is -2.17. The number of nitrogens with zero attached hydrogens (tertiary/aromatic N) is 1. The maximum absolute atomic E-state index is 12.0. The van der Waals surface area contributed by atoms with Gasteiger partial charge in [-0.2, -0.15) is 0 Å². The van der Waals surface area contributed by atoms with Gasteiger partial charge in [0.2, 0.25) is 6.79 Å². The van der Waals surface area contributed by atoms with Crippen molar-refractivity contribution in [3.8, 4) is 11.5 Å². The van der Waals surface area contributed by atoms with Crippen molar-refractivity contribution in [2.24, 2.45) is 0 Å². The minimum Gasteiger partial charge on any atom is -0.454 e. The fraction of sp³-hybridized carbons (Fsp3) is 0.533. The van der Waals surface area contributed by atoms with Crippen molar-refractivity contribution in [1.29, 1.82) is 0 Å². The van der Waals surface area contributed by atoms with Crippen LogP contribution in [0.1, 0.15) is 17.9 Å². The monoisotopic (exact) mass is 292 g/mol. The Morgan fingerprint density at radius 2 is 2.29 bits per heavy atom. The molecular weight excluding hydrogens is 272 g/mol. The number of fused-ring (bicyclic) bond motifs is 1. The fourth-order valence-corrected chi connectivity index (χ4v) is 2.76. The van der Waals surface area contributed by atoms with Crippen LogP contribution >= 0.6 is 0 Å². The van der Waals surface area contributed by atoms with Crippen molar-refractivity contribution in [3.63, 3.8) is 0 Å². The average Bonchev–Trinajstić information content (AvgIpc) is 3.15. The first-order valence-electron chi connectivity index (χ1n) is 7.19. The maximum Gasteiger partial charge on any atom is 0.317 e. The Morgan fingerprint density at radius 1 is 1.43 bits per heavy atom. The van der Waals surface area contributed by atoms with Gasteiger partial charge in [-0.3, -0.25) is 0 Å². The van der Waals surface area contributed by atoms with Crippen molar-refractivity contribution in [3.05, 3.63) is 23.8 Å². The average molecular weight is 292 g/mol.